The SMILES string of the molecule is CC1(C)C(N=C(N)C2CCCCC2)C1(C)C. The van der Waals surface area contributed by atoms with Crippen molar-refractivity contribution in [2.24, 2.45) is 27.5 Å². The number of hydrogen-bond acceptors (Lipinski definition) is 1. The van der Waals surface area contributed by atoms with E-state index < -0.39 is 0 Å². The Kier molecular flexibility index (Phi) is 2.80. The fourth-order valence-electron chi connectivity index (χ4n) is 3.14. The number of rotatable bonds is 2. The number of aliphatic imine (C=N–C) groups is 1. The molecule has 2 fully saturated rings. The highest BCUT2D eigenvalue weighted by molar-refractivity contribution is 5.83. The zero-order valence-corrected chi connectivity index (χ0v) is 11.2. The smallest absolute Gasteiger partial charge is 0.0972 e. The van der Waals surface area contributed by atoms with Gasteiger partial charge in [0.25, 0.3) is 0 Å². The van der Waals surface area contributed by atoms with Gasteiger partial charge in [-0.3, -0.25) is 4.99 Å². The molecule has 2 heteroatoms. The summed E-state index contributed by atoms with van der Waals surface area (Å²) >= 11 is 0. The predicted molar refractivity (Wildman–Crippen MR) is 69.5 cm³/mol. The minimum absolute atomic E-state index is 0.326. The molecule has 0 saturated heterocycles. The minimum Gasteiger partial charge on any atom is -0.387 e. The van der Waals surface area contributed by atoms with Gasteiger partial charge < -0.3 is 5.73 Å². The highest BCUT2D eigenvalue weighted by Crippen LogP contribution is 2.64. The molecule has 2 aliphatic rings. The van der Waals surface area contributed by atoms with Gasteiger partial charge in [0.15, 0.2) is 0 Å². The topological polar surface area (TPSA) is 38.4 Å². The summed E-state index contributed by atoms with van der Waals surface area (Å²) in [6.07, 6.45) is 6.55. The van der Waals surface area contributed by atoms with Gasteiger partial charge in [0.05, 0.1) is 11.9 Å². The van der Waals surface area contributed by atoms with Crippen LogP contribution in [0, 0.1) is 16.7 Å². The molecule has 0 amide bonds. The van der Waals surface area contributed by atoms with Crippen molar-refractivity contribution < 1.29 is 0 Å². The summed E-state index contributed by atoms with van der Waals surface area (Å²) in [5.41, 5.74) is 6.83. The van der Waals surface area contributed by atoms with Gasteiger partial charge in [0.2, 0.25) is 0 Å². The largest absolute Gasteiger partial charge is 0.387 e. The van der Waals surface area contributed by atoms with Gasteiger partial charge in [0, 0.05) is 5.92 Å². The maximum absolute atomic E-state index is 6.18. The molecule has 0 aromatic carbocycles. The summed E-state index contributed by atoms with van der Waals surface area (Å²) in [7, 11) is 0. The van der Waals surface area contributed by atoms with Crippen molar-refractivity contribution in [3.8, 4) is 0 Å². The van der Waals surface area contributed by atoms with Crippen molar-refractivity contribution in [1.29, 1.82) is 0 Å². The number of nitrogens with zero attached hydrogens (tertiary/aromatic N) is 1. The predicted octanol–water partition coefficient (Wildman–Crippen LogP) is 3.36. The Morgan fingerprint density at radius 1 is 1.00 bits per heavy atom. The van der Waals surface area contributed by atoms with E-state index in [2.05, 4.69) is 27.7 Å². The van der Waals surface area contributed by atoms with E-state index in [1.54, 1.807) is 0 Å². The Bertz CT molecular complexity index is 282. The van der Waals surface area contributed by atoms with Crippen molar-refractivity contribution in [3.05, 3.63) is 0 Å². The van der Waals surface area contributed by atoms with Crippen LogP contribution in [0.4, 0.5) is 0 Å². The molecule has 92 valence electrons. The van der Waals surface area contributed by atoms with E-state index in [9.17, 15) is 0 Å². The van der Waals surface area contributed by atoms with E-state index in [-0.39, 0.29) is 0 Å². The summed E-state index contributed by atoms with van der Waals surface area (Å²) in [6.45, 7) is 9.20. The van der Waals surface area contributed by atoms with Crippen LogP contribution in [-0.4, -0.2) is 11.9 Å². The normalized spacial score (nSPS) is 30.4. The summed E-state index contributed by atoms with van der Waals surface area (Å²) in [5, 5.41) is 0. The van der Waals surface area contributed by atoms with E-state index in [4.69, 9.17) is 10.7 Å². The first kappa shape index (κ1) is 11.9. The molecule has 2 nitrogen and oxygen atoms in total. The van der Waals surface area contributed by atoms with Crippen molar-refractivity contribution >= 4 is 5.84 Å². The Morgan fingerprint density at radius 2 is 1.50 bits per heavy atom. The van der Waals surface area contributed by atoms with Crippen LogP contribution in [-0.2, 0) is 0 Å². The van der Waals surface area contributed by atoms with Crippen LogP contribution in [0.25, 0.3) is 0 Å². The lowest BCUT2D eigenvalue weighted by Crippen LogP contribution is -2.26. The molecule has 2 aliphatic carbocycles. The molecular formula is C14H26N2. The zero-order chi connectivity index (χ0) is 12.0. The Labute approximate surface area is 99.7 Å². The second-order valence-corrected chi connectivity index (χ2v) is 6.73. The monoisotopic (exact) mass is 222 g/mol. The first-order valence-corrected chi connectivity index (χ1v) is 6.70. The van der Waals surface area contributed by atoms with E-state index in [1.807, 2.05) is 0 Å². The van der Waals surface area contributed by atoms with E-state index >= 15 is 0 Å². The third-order valence-corrected chi connectivity index (χ3v) is 5.25. The molecular weight excluding hydrogens is 196 g/mol. The molecule has 0 spiro atoms. The fraction of sp³-hybridized carbons (Fsp3) is 0.929. The minimum atomic E-state index is 0.326. The lowest BCUT2D eigenvalue weighted by atomic mass is 9.88. The molecule has 0 aromatic heterocycles. The van der Waals surface area contributed by atoms with E-state index in [0.29, 0.717) is 22.8 Å². The second-order valence-electron chi connectivity index (χ2n) is 6.73. The average Bonchev–Trinajstić information content (AvgIpc) is 2.62. The number of nitrogens with two attached hydrogens (primary N) is 1. The van der Waals surface area contributed by atoms with Crippen LogP contribution >= 0.6 is 0 Å². The van der Waals surface area contributed by atoms with Crippen molar-refractivity contribution in [3.63, 3.8) is 0 Å². The lowest BCUT2D eigenvalue weighted by Gasteiger charge is -2.21. The number of hydrogen-bond donors (Lipinski definition) is 1. The zero-order valence-electron chi connectivity index (χ0n) is 11.2. The fourth-order valence-corrected chi connectivity index (χ4v) is 3.14. The first-order chi connectivity index (χ1) is 7.37. The molecule has 0 aromatic rings. The molecule has 16 heavy (non-hydrogen) atoms. The summed E-state index contributed by atoms with van der Waals surface area (Å²) in [4.78, 5) is 4.81. The van der Waals surface area contributed by atoms with Crippen molar-refractivity contribution in [2.45, 2.75) is 65.8 Å². The van der Waals surface area contributed by atoms with Crippen LogP contribution < -0.4 is 5.73 Å². The van der Waals surface area contributed by atoms with Gasteiger partial charge >= 0.3 is 0 Å². The van der Waals surface area contributed by atoms with Gasteiger partial charge in [-0.2, -0.15) is 0 Å². The highest BCUT2D eigenvalue weighted by Gasteiger charge is 2.65. The van der Waals surface area contributed by atoms with Gasteiger partial charge in [0.1, 0.15) is 0 Å². The van der Waals surface area contributed by atoms with Crippen molar-refractivity contribution in [2.75, 3.05) is 0 Å². The third kappa shape index (κ3) is 1.76. The van der Waals surface area contributed by atoms with Gasteiger partial charge in [-0.05, 0) is 23.7 Å². The second kappa shape index (κ2) is 3.75. The molecule has 2 saturated carbocycles. The highest BCUT2D eigenvalue weighted by atomic mass is 15.0. The quantitative estimate of drug-likeness (QED) is 0.564. The van der Waals surface area contributed by atoms with Crippen LogP contribution in [0.5, 0.6) is 0 Å². The van der Waals surface area contributed by atoms with Crippen LogP contribution in [0.15, 0.2) is 4.99 Å². The molecule has 0 aliphatic heterocycles. The summed E-state index contributed by atoms with van der Waals surface area (Å²) in [5.74, 6) is 1.50. The molecule has 0 bridgehead atoms. The Balaban J connectivity index is 2.02. The summed E-state index contributed by atoms with van der Waals surface area (Å²) < 4.78 is 0. The maximum Gasteiger partial charge on any atom is 0.0972 e. The number of amidine groups is 1. The van der Waals surface area contributed by atoms with E-state index in [1.165, 1.54) is 32.1 Å². The van der Waals surface area contributed by atoms with Crippen LogP contribution in [0.2, 0.25) is 0 Å². The molecule has 0 unspecified atom stereocenters. The molecule has 0 atom stereocenters. The van der Waals surface area contributed by atoms with Crippen molar-refractivity contribution in [1.82, 2.24) is 0 Å². The Hall–Kier alpha value is -0.530. The molecule has 2 rings (SSSR count). The summed E-state index contributed by atoms with van der Waals surface area (Å²) in [6, 6.07) is 0.432. The van der Waals surface area contributed by atoms with Gasteiger partial charge in [-0.1, -0.05) is 47.0 Å². The lowest BCUT2D eigenvalue weighted by molar-refractivity contribution is 0.435. The Morgan fingerprint density at radius 3 is 1.94 bits per heavy atom. The van der Waals surface area contributed by atoms with Crippen LogP contribution in [0.1, 0.15) is 59.8 Å². The molecule has 0 heterocycles. The molecule has 0 radical (unpaired) electrons. The van der Waals surface area contributed by atoms with Gasteiger partial charge in [-0.15, -0.1) is 0 Å². The van der Waals surface area contributed by atoms with Crippen LogP contribution in [0.3, 0.4) is 0 Å². The van der Waals surface area contributed by atoms with E-state index in [0.717, 1.165) is 5.84 Å². The third-order valence-electron chi connectivity index (χ3n) is 5.25. The average molecular weight is 222 g/mol. The first-order valence-electron chi connectivity index (χ1n) is 6.70. The maximum atomic E-state index is 6.18. The standard InChI is InChI=1S/C14H26N2/c1-13(2)12(14(13,3)4)16-11(15)10-8-6-5-7-9-10/h10,12H,5-9H2,1-4H3,(H2,15,16). The molecule has 2 N–H and O–H groups in total. The van der Waals surface area contributed by atoms with Gasteiger partial charge in [-0.25, -0.2) is 0 Å².